The summed E-state index contributed by atoms with van der Waals surface area (Å²) in [7, 11) is 0. The first-order valence-corrected chi connectivity index (χ1v) is 7.37. The van der Waals surface area contributed by atoms with Gasteiger partial charge in [0.1, 0.15) is 5.60 Å². The number of hydrogen-bond donors (Lipinski definition) is 1. The van der Waals surface area contributed by atoms with E-state index < -0.39 is 0 Å². The van der Waals surface area contributed by atoms with Gasteiger partial charge < -0.3 is 15.0 Å². The Labute approximate surface area is 114 Å². The monoisotopic (exact) mass is 267 g/mol. The Morgan fingerprint density at radius 3 is 3.05 bits per heavy atom. The van der Waals surface area contributed by atoms with E-state index in [9.17, 15) is 0 Å². The van der Waals surface area contributed by atoms with Crippen molar-refractivity contribution in [1.82, 2.24) is 10.1 Å². The predicted molar refractivity (Wildman–Crippen MR) is 72.6 cm³/mol. The van der Waals surface area contributed by atoms with Crippen molar-refractivity contribution in [3.63, 3.8) is 0 Å². The topological polar surface area (TPSA) is 74.2 Å². The quantitative estimate of drug-likeness (QED) is 0.856. The van der Waals surface area contributed by atoms with Crippen LogP contribution in [-0.4, -0.2) is 23.3 Å². The molecule has 2 N–H and O–H groups in total. The first-order chi connectivity index (χ1) is 9.20. The summed E-state index contributed by atoms with van der Waals surface area (Å²) in [5.74, 6) is 2.05. The summed E-state index contributed by atoms with van der Waals surface area (Å²) in [4.78, 5) is 4.54. The van der Waals surface area contributed by atoms with Gasteiger partial charge in [-0.3, -0.25) is 0 Å². The second-order valence-corrected chi connectivity index (χ2v) is 5.53. The average molecular weight is 267 g/mol. The predicted octanol–water partition coefficient (Wildman–Crippen LogP) is 2.40. The Morgan fingerprint density at radius 2 is 2.37 bits per heavy atom. The Morgan fingerprint density at radius 1 is 1.53 bits per heavy atom. The van der Waals surface area contributed by atoms with E-state index in [2.05, 4.69) is 17.1 Å². The van der Waals surface area contributed by atoms with Gasteiger partial charge in [-0.05, 0) is 45.1 Å². The van der Waals surface area contributed by atoms with Crippen molar-refractivity contribution in [3.8, 4) is 0 Å². The Balaban J connectivity index is 2.15. The minimum absolute atomic E-state index is 0.336. The fraction of sp³-hybridized carbons (Fsp3) is 0.857. The lowest BCUT2D eigenvalue weighted by atomic mass is 9.78. The first kappa shape index (κ1) is 14.5. The maximum Gasteiger partial charge on any atom is 0.226 e. The van der Waals surface area contributed by atoms with Gasteiger partial charge in [0, 0.05) is 13.0 Å². The van der Waals surface area contributed by atoms with Crippen LogP contribution in [0.4, 0.5) is 0 Å². The van der Waals surface area contributed by atoms with Crippen molar-refractivity contribution in [2.45, 2.75) is 58.0 Å². The van der Waals surface area contributed by atoms with Crippen LogP contribution in [0.2, 0.25) is 0 Å². The number of nitrogens with two attached hydrogens (primary N) is 1. The fourth-order valence-corrected chi connectivity index (χ4v) is 2.97. The molecule has 1 aliphatic rings. The van der Waals surface area contributed by atoms with Gasteiger partial charge in [0.05, 0.1) is 0 Å². The molecule has 1 saturated carbocycles. The van der Waals surface area contributed by atoms with E-state index in [0.717, 1.165) is 37.9 Å². The molecule has 1 aliphatic carbocycles. The van der Waals surface area contributed by atoms with Crippen LogP contribution in [-0.2, 0) is 16.8 Å². The number of hydrogen-bond acceptors (Lipinski definition) is 5. The van der Waals surface area contributed by atoms with Crippen molar-refractivity contribution in [2.75, 3.05) is 13.2 Å². The zero-order valence-electron chi connectivity index (χ0n) is 12.0. The molecule has 0 aliphatic heterocycles. The molecule has 2 rings (SSSR count). The van der Waals surface area contributed by atoms with Crippen LogP contribution >= 0.6 is 0 Å². The summed E-state index contributed by atoms with van der Waals surface area (Å²) in [5, 5.41) is 4.17. The van der Waals surface area contributed by atoms with E-state index in [0.29, 0.717) is 25.0 Å². The van der Waals surface area contributed by atoms with Crippen molar-refractivity contribution < 1.29 is 9.26 Å². The number of nitrogens with zero attached hydrogens (tertiary/aromatic N) is 2. The van der Waals surface area contributed by atoms with Gasteiger partial charge in [-0.2, -0.15) is 4.98 Å². The normalized spacial score (nSPS) is 27.6. The zero-order valence-corrected chi connectivity index (χ0v) is 12.0. The van der Waals surface area contributed by atoms with Gasteiger partial charge in [0.15, 0.2) is 0 Å². The number of ether oxygens (including phenoxy) is 1. The lowest BCUT2D eigenvalue weighted by Crippen LogP contribution is -2.36. The number of aromatic nitrogens is 2. The molecule has 2 atom stereocenters. The summed E-state index contributed by atoms with van der Waals surface area (Å²) in [6.45, 7) is 5.61. The average Bonchev–Trinajstić information content (AvgIpc) is 2.86. The molecule has 19 heavy (non-hydrogen) atoms. The van der Waals surface area contributed by atoms with Gasteiger partial charge in [-0.25, -0.2) is 0 Å². The van der Waals surface area contributed by atoms with E-state index in [1.807, 2.05) is 6.92 Å². The van der Waals surface area contributed by atoms with E-state index >= 15 is 0 Å². The molecule has 108 valence electrons. The largest absolute Gasteiger partial charge is 0.367 e. The van der Waals surface area contributed by atoms with Crippen LogP contribution < -0.4 is 5.73 Å². The van der Waals surface area contributed by atoms with Gasteiger partial charge in [-0.1, -0.05) is 18.5 Å². The third-order valence-electron chi connectivity index (χ3n) is 3.85. The fourth-order valence-electron chi connectivity index (χ4n) is 2.97. The Hall–Kier alpha value is -0.940. The molecular formula is C14H25N3O2. The standard InChI is InChI=1S/C14H25N3O2/c1-3-18-14(8-4-6-11(2)10-14)13-16-12(19-17-13)7-5-9-15/h11H,3-10,15H2,1-2H3. The Kier molecular flexibility index (Phi) is 4.93. The van der Waals surface area contributed by atoms with Crippen molar-refractivity contribution in [3.05, 3.63) is 11.7 Å². The second kappa shape index (κ2) is 6.48. The first-order valence-electron chi connectivity index (χ1n) is 7.37. The maximum atomic E-state index is 6.04. The minimum Gasteiger partial charge on any atom is -0.367 e. The van der Waals surface area contributed by atoms with E-state index in [1.54, 1.807) is 0 Å². The van der Waals surface area contributed by atoms with Crippen molar-refractivity contribution in [1.29, 1.82) is 0 Å². The van der Waals surface area contributed by atoms with Gasteiger partial charge in [-0.15, -0.1) is 0 Å². The van der Waals surface area contributed by atoms with Crippen LogP contribution in [0.15, 0.2) is 4.52 Å². The smallest absolute Gasteiger partial charge is 0.226 e. The zero-order chi connectivity index (χ0) is 13.7. The highest BCUT2D eigenvalue weighted by Crippen LogP contribution is 2.41. The van der Waals surface area contributed by atoms with Gasteiger partial charge in [0.2, 0.25) is 11.7 Å². The summed E-state index contributed by atoms with van der Waals surface area (Å²) in [6, 6.07) is 0. The highest BCUT2D eigenvalue weighted by molar-refractivity contribution is 5.04. The summed E-state index contributed by atoms with van der Waals surface area (Å²) in [5.41, 5.74) is 5.17. The second-order valence-electron chi connectivity index (χ2n) is 5.53. The SMILES string of the molecule is CCOC1(c2noc(CCCN)n2)CCCC(C)C1. The van der Waals surface area contributed by atoms with Crippen molar-refractivity contribution >= 4 is 0 Å². The van der Waals surface area contributed by atoms with Crippen LogP contribution in [0, 0.1) is 5.92 Å². The van der Waals surface area contributed by atoms with E-state index in [1.165, 1.54) is 6.42 Å². The highest BCUT2D eigenvalue weighted by atomic mass is 16.5. The molecule has 0 bridgehead atoms. The third-order valence-corrected chi connectivity index (χ3v) is 3.85. The molecule has 0 saturated heterocycles. The highest BCUT2D eigenvalue weighted by Gasteiger charge is 2.41. The van der Waals surface area contributed by atoms with Crippen LogP contribution in [0.25, 0.3) is 0 Å². The van der Waals surface area contributed by atoms with E-state index in [4.69, 9.17) is 15.0 Å². The minimum atomic E-state index is -0.336. The summed E-state index contributed by atoms with van der Waals surface area (Å²) < 4.78 is 11.4. The summed E-state index contributed by atoms with van der Waals surface area (Å²) in [6.07, 6.45) is 6.01. The number of aryl methyl sites for hydroxylation is 1. The van der Waals surface area contributed by atoms with Gasteiger partial charge >= 0.3 is 0 Å². The molecule has 0 radical (unpaired) electrons. The maximum absolute atomic E-state index is 6.04. The molecule has 1 aromatic heterocycles. The lowest BCUT2D eigenvalue weighted by molar-refractivity contribution is -0.0891. The molecule has 5 heteroatoms. The summed E-state index contributed by atoms with van der Waals surface area (Å²) >= 11 is 0. The molecule has 1 aromatic rings. The van der Waals surface area contributed by atoms with E-state index in [-0.39, 0.29) is 5.60 Å². The molecule has 0 aromatic carbocycles. The van der Waals surface area contributed by atoms with Crippen molar-refractivity contribution in [2.24, 2.45) is 11.7 Å². The Bertz CT molecular complexity index is 390. The molecule has 0 amide bonds. The molecule has 2 unspecified atom stereocenters. The molecule has 5 nitrogen and oxygen atoms in total. The molecule has 1 fully saturated rings. The molecular weight excluding hydrogens is 242 g/mol. The van der Waals surface area contributed by atoms with Crippen LogP contribution in [0.1, 0.15) is 57.7 Å². The molecule has 1 heterocycles. The molecule has 0 spiro atoms. The third kappa shape index (κ3) is 3.34. The lowest BCUT2D eigenvalue weighted by Gasteiger charge is -2.37. The van der Waals surface area contributed by atoms with Crippen LogP contribution in [0.5, 0.6) is 0 Å². The number of rotatable bonds is 6. The van der Waals surface area contributed by atoms with Gasteiger partial charge in [0.25, 0.3) is 0 Å². The van der Waals surface area contributed by atoms with Crippen LogP contribution in [0.3, 0.4) is 0 Å².